The van der Waals surface area contributed by atoms with Gasteiger partial charge in [-0.25, -0.2) is 8.78 Å². The molecule has 5 N–H and O–H groups in total. The van der Waals surface area contributed by atoms with Gasteiger partial charge in [-0.2, -0.15) is 13.2 Å². The standard InChI is InChI=1S/C11H22F6N2O3Si/c1-10(13,14)9(8(7-12)11(15,16)17)19-5-4-18-3-2-6-23(20,21)22/h8-9,18-22H,2-7H2,1H3. The minimum absolute atomic E-state index is 0.0142. The Labute approximate surface area is 131 Å². The molecular formula is C11H22F6N2O3Si. The van der Waals surface area contributed by atoms with Gasteiger partial charge in [0, 0.05) is 26.1 Å². The molecule has 0 saturated heterocycles. The molecule has 0 rings (SSSR count). The number of hydrogen-bond acceptors (Lipinski definition) is 5. The van der Waals surface area contributed by atoms with Crippen molar-refractivity contribution < 1.29 is 40.7 Å². The van der Waals surface area contributed by atoms with Gasteiger partial charge in [-0.3, -0.25) is 4.39 Å². The summed E-state index contributed by atoms with van der Waals surface area (Å²) in [5, 5.41) is 4.68. The lowest BCUT2D eigenvalue weighted by Crippen LogP contribution is -2.55. The molecule has 0 aliphatic rings. The van der Waals surface area contributed by atoms with Crippen molar-refractivity contribution in [3.8, 4) is 0 Å². The maximum absolute atomic E-state index is 13.3. The van der Waals surface area contributed by atoms with E-state index in [4.69, 9.17) is 14.4 Å². The molecule has 0 amide bonds. The Bertz CT molecular complexity index is 335. The Morgan fingerprint density at radius 2 is 1.57 bits per heavy atom. The topological polar surface area (TPSA) is 84.8 Å². The fraction of sp³-hybridized carbons (Fsp3) is 1.00. The predicted molar refractivity (Wildman–Crippen MR) is 72.6 cm³/mol. The molecule has 2 unspecified atom stereocenters. The summed E-state index contributed by atoms with van der Waals surface area (Å²) in [6.45, 7) is -1.70. The van der Waals surface area contributed by atoms with Crippen LogP contribution in [0.3, 0.4) is 0 Å². The van der Waals surface area contributed by atoms with Crippen LogP contribution in [-0.4, -0.2) is 67.6 Å². The lowest BCUT2D eigenvalue weighted by atomic mass is 9.95. The third-order valence-corrected chi connectivity index (χ3v) is 4.09. The number of alkyl halides is 6. The molecule has 0 bridgehead atoms. The van der Waals surface area contributed by atoms with Crippen LogP contribution in [0.15, 0.2) is 0 Å². The van der Waals surface area contributed by atoms with E-state index in [2.05, 4.69) is 5.32 Å². The lowest BCUT2D eigenvalue weighted by molar-refractivity contribution is -0.207. The maximum Gasteiger partial charge on any atom is 0.492 e. The fourth-order valence-electron chi connectivity index (χ4n) is 1.93. The second-order valence-corrected chi connectivity index (χ2v) is 7.37. The summed E-state index contributed by atoms with van der Waals surface area (Å²) in [5.41, 5.74) is 0. The van der Waals surface area contributed by atoms with Crippen molar-refractivity contribution in [1.29, 1.82) is 0 Å². The van der Waals surface area contributed by atoms with Gasteiger partial charge in [0.05, 0.1) is 6.04 Å². The van der Waals surface area contributed by atoms with Gasteiger partial charge in [0.2, 0.25) is 0 Å². The summed E-state index contributed by atoms with van der Waals surface area (Å²) in [4.78, 5) is 26.2. The van der Waals surface area contributed by atoms with Crippen LogP contribution in [0.4, 0.5) is 26.3 Å². The van der Waals surface area contributed by atoms with Gasteiger partial charge >= 0.3 is 15.0 Å². The fourth-order valence-corrected chi connectivity index (χ4v) is 2.58. The minimum Gasteiger partial charge on any atom is -0.390 e. The zero-order chi connectivity index (χ0) is 18.3. The van der Waals surface area contributed by atoms with E-state index in [1.165, 1.54) is 0 Å². The van der Waals surface area contributed by atoms with Gasteiger partial charge in [-0.05, 0) is 13.0 Å². The van der Waals surface area contributed by atoms with Gasteiger partial charge in [-0.15, -0.1) is 0 Å². The molecule has 0 saturated carbocycles. The van der Waals surface area contributed by atoms with E-state index in [1.807, 2.05) is 5.32 Å². The van der Waals surface area contributed by atoms with Crippen LogP contribution >= 0.6 is 0 Å². The van der Waals surface area contributed by atoms with Gasteiger partial charge in [-0.1, -0.05) is 0 Å². The largest absolute Gasteiger partial charge is 0.492 e. The Morgan fingerprint density at radius 3 is 1.96 bits per heavy atom. The average Bonchev–Trinajstić information content (AvgIpc) is 2.32. The van der Waals surface area contributed by atoms with Crippen molar-refractivity contribution >= 4 is 8.80 Å². The molecule has 0 aromatic heterocycles. The molecular weight excluding hydrogens is 350 g/mol. The summed E-state index contributed by atoms with van der Waals surface area (Å²) in [7, 11) is -4.13. The van der Waals surface area contributed by atoms with E-state index in [1.54, 1.807) is 0 Å². The van der Waals surface area contributed by atoms with Crippen LogP contribution in [0.1, 0.15) is 13.3 Å². The first kappa shape index (κ1) is 22.6. The lowest BCUT2D eigenvalue weighted by Gasteiger charge is -2.32. The average molecular weight is 372 g/mol. The first-order valence-electron chi connectivity index (χ1n) is 6.90. The van der Waals surface area contributed by atoms with Gasteiger partial charge in [0.1, 0.15) is 12.6 Å². The molecule has 2 atom stereocenters. The Balaban J connectivity index is 4.29. The van der Waals surface area contributed by atoms with E-state index in [-0.39, 0.29) is 32.1 Å². The van der Waals surface area contributed by atoms with Crippen LogP contribution in [-0.2, 0) is 0 Å². The van der Waals surface area contributed by atoms with E-state index in [0.29, 0.717) is 6.92 Å². The Morgan fingerprint density at radius 1 is 1.00 bits per heavy atom. The molecule has 0 aromatic rings. The summed E-state index contributed by atoms with van der Waals surface area (Å²) < 4.78 is 76.9. The van der Waals surface area contributed by atoms with Gasteiger partial charge in [0.25, 0.3) is 5.92 Å². The zero-order valence-electron chi connectivity index (χ0n) is 12.5. The highest BCUT2D eigenvalue weighted by atomic mass is 28.4. The monoisotopic (exact) mass is 372 g/mol. The van der Waals surface area contributed by atoms with E-state index < -0.39 is 39.5 Å². The first-order valence-corrected chi connectivity index (χ1v) is 8.95. The zero-order valence-corrected chi connectivity index (χ0v) is 13.5. The molecule has 0 aliphatic carbocycles. The third kappa shape index (κ3) is 10.1. The second-order valence-electron chi connectivity index (χ2n) is 5.32. The summed E-state index contributed by atoms with van der Waals surface area (Å²) in [6, 6.07) is -2.61. The number of hydrogen-bond donors (Lipinski definition) is 5. The molecule has 0 aromatic carbocycles. The number of nitrogens with one attached hydrogen (secondary N) is 2. The minimum atomic E-state index is -5.09. The molecule has 0 fully saturated rings. The summed E-state index contributed by atoms with van der Waals surface area (Å²) in [5.74, 6) is -6.57. The Hall–Kier alpha value is -0.403. The summed E-state index contributed by atoms with van der Waals surface area (Å²) in [6.07, 6.45) is -4.89. The van der Waals surface area contributed by atoms with Crippen molar-refractivity contribution in [2.45, 2.75) is 37.5 Å². The molecule has 0 spiro atoms. The van der Waals surface area contributed by atoms with Crippen molar-refractivity contribution in [3.63, 3.8) is 0 Å². The first-order chi connectivity index (χ1) is 10.3. The van der Waals surface area contributed by atoms with Crippen LogP contribution in [0, 0.1) is 5.92 Å². The van der Waals surface area contributed by atoms with Crippen molar-refractivity contribution in [3.05, 3.63) is 0 Å². The highest BCUT2D eigenvalue weighted by Crippen LogP contribution is 2.35. The third-order valence-electron chi connectivity index (χ3n) is 3.07. The molecule has 23 heavy (non-hydrogen) atoms. The number of halogens is 6. The number of rotatable bonds is 11. The highest BCUT2D eigenvalue weighted by molar-refractivity contribution is 6.56. The van der Waals surface area contributed by atoms with Crippen molar-refractivity contribution in [2.75, 3.05) is 26.3 Å². The van der Waals surface area contributed by atoms with Crippen molar-refractivity contribution in [1.82, 2.24) is 10.6 Å². The predicted octanol–water partition coefficient (Wildman–Crippen LogP) is 0.643. The summed E-state index contributed by atoms with van der Waals surface area (Å²) >= 11 is 0. The van der Waals surface area contributed by atoms with Crippen LogP contribution in [0.2, 0.25) is 6.04 Å². The quantitative estimate of drug-likeness (QED) is 0.209. The molecule has 0 radical (unpaired) electrons. The molecule has 12 heteroatoms. The van der Waals surface area contributed by atoms with E-state index in [9.17, 15) is 26.3 Å². The highest BCUT2D eigenvalue weighted by Gasteiger charge is 2.52. The smallest absolute Gasteiger partial charge is 0.390 e. The normalized spacial score (nSPS) is 16.4. The van der Waals surface area contributed by atoms with Crippen molar-refractivity contribution in [2.24, 2.45) is 5.92 Å². The van der Waals surface area contributed by atoms with E-state index >= 15 is 0 Å². The SMILES string of the molecule is CC(F)(F)C(NCCNCCC[Si](O)(O)O)C(CF)C(F)(F)F. The van der Waals surface area contributed by atoms with E-state index in [0.717, 1.165) is 0 Å². The Kier molecular flexibility index (Phi) is 9.02. The van der Waals surface area contributed by atoms with Crippen LogP contribution in [0.25, 0.3) is 0 Å². The maximum atomic E-state index is 13.3. The van der Waals surface area contributed by atoms with Gasteiger partial charge < -0.3 is 25.0 Å². The second kappa shape index (κ2) is 9.18. The van der Waals surface area contributed by atoms with Gasteiger partial charge in [0.15, 0.2) is 0 Å². The molecule has 0 heterocycles. The molecule has 5 nitrogen and oxygen atoms in total. The van der Waals surface area contributed by atoms with Crippen LogP contribution in [0.5, 0.6) is 0 Å². The van der Waals surface area contributed by atoms with Crippen LogP contribution < -0.4 is 10.6 Å². The molecule has 140 valence electrons. The molecule has 0 aliphatic heterocycles.